The largest absolute Gasteiger partial charge is 0.332 e. The number of guanidine groups is 1. The van der Waals surface area contributed by atoms with Crippen molar-refractivity contribution >= 4 is 12.3 Å². The van der Waals surface area contributed by atoms with Crippen molar-refractivity contribution in [1.82, 2.24) is 10.6 Å². The molecule has 0 aromatic heterocycles. The normalized spacial score (nSPS) is 20.2. The van der Waals surface area contributed by atoms with Gasteiger partial charge in [-0.2, -0.15) is 0 Å². The van der Waals surface area contributed by atoms with E-state index in [9.17, 15) is 0 Å². The summed E-state index contributed by atoms with van der Waals surface area (Å²) in [6.45, 7) is 4.67. The van der Waals surface area contributed by atoms with E-state index in [0.29, 0.717) is 6.54 Å². The van der Waals surface area contributed by atoms with E-state index in [4.69, 9.17) is 0 Å². The summed E-state index contributed by atoms with van der Waals surface area (Å²) in [6.07, 6.45) is 1.68. The number of nitrogens with zero attached hydrogens (tertiary/aromatic N) is 2. The van der Waals surface area contributed by atoms with E-state index in [1.54, 1.807) is 6.34 Å². The van der Waals surface area contributed by atoms with E-state index < -0.39 is 0 Å². The Hall–Kier alpha value is -1.84. The van der Waals surface area contributed by atoms with Crippen LogP contribution in [-0.2, 0) is 6.54 Å². The van der Waals surface area contributed by atoms with Gasteiger partial charge in [-0.25, -0.2) is 9.98 Å². The first-order valence-electron chi connectivity index (χ1n) is 5.32. The van der Waals surface area contributed by atoms with Crippen LogP contribution in [0, 0.1) is 0 Å². The van der Waals surface area contributed by atoms with Gasteiger partial charge in [0.2, 0.25) is 0 Å². The molecule has 4 nitrogen and oxygen atoms in total. The first-order valence-corrected chi connectivity index (χ1v) is 5.32. The molecule has 0 saturated carbocycles. The molecule has 84 valence electrons. The molecule has 1 heterocycles. The topological polar surface area (TPSA) is 48.8 Å². The Bertz CT molecular complexity index is 406. The van der Waals surface area contributed by atoms with Crippen LogP contribution >= 0.6 is 0 Å². The summed E-state index contributed by atoms with van der Waals surface area (Å²) in [5, 5.41) is 6.20. The van der Waals surface area contributed by atoms with Crippen molar-refractivity contribution in [3.63, 3.8) is 0 Å². The van der Waals surface area contributed by atoms with Gasteiger partial charge in [0.15, 0.2) is 5.96 Å². The summed E-state index contributed by atoms with van der Waals surface area (Å²) >= 11 is 0. The summed E-state index contributed by atoms with van der Waals surface area (Å²) in [4.78, 5) is 8.69. The van der Waals surface area contributed by atoms with Gasteiger partial charge >= 0.3 is 0 Å². The molecule has 1 aliphatic heterocycles. The van der Waals surface area contributed by atoms with Crippen LogP contribution in [0.1, 0.15) is 19.4 Å². The van der Waals surface area contributed by atoms with Crippen molar-refractivity contribution in [3.8, 4) is 0 Å². The minimum absolute atomic E-state index is 0.277. The lowest BCUT2D eigenvalue weighted by Crippen LogP contribution is -2.52. The summed E-state index contributed by atoms with van der Waals surface area (Å²) in [7, 11) is 0. The number of hydrogen-bond acceptors (Lipinski definition) is 2. The molecule has 2 N–H and O–H groups in total. The molecule has 4 heteroatoms. The fraction of sp³-hybridized carbons (Fsp3) is 0.333. The van der Waals surface area contributed by atoms with Crippen LogP contribution in [0.2, 0.25) is 0 Å². The van der Waals surface area contributed by atoms with Crippen LogP contribution in [0.3, 0.4) is 0 Å². The molecule has 0 saturated heterocycles. The van der Waals surface area contributed by atoms with E-state index in [-0.39, 0.29) is 5.66 Å². The Morgan fingerprint density at radius 2 is 2.00 bits per heavy atom. The molecule has 0 aliphatic carbocycles. The highest BCUT2D eigenvalue weighted by Crippen LogP contribution is 2.05. The molecular weight excluding hydrogens is 200 g/mol. The highest BCUT2D eigenvalue weighted by atomic mass is 15.3. The van der Waals surface area contributed by atoms with Gasteiger partial charge in [0.25, 0.3) is 0 Å². The molecular formula is C12H16N4. The summed E-state index contributed by atoms with van der Waals surface area (Å²) < 4.78 is 0. The summed E-state index contributed by atoms with van der Waals surface area (Å²) in [5.41, 5.74) is 0.916. The molecule has 2 rings (SSSR count). The third-order valence-electron chi connectivity index (χ3n) is 2.28. The predicted molar refractivity (Wildman–Crippen MR) is 66.4 cm³/mol. The van der Waals surface area contributed by atoms with Crippen LogP contribution in [0.15, 0.2) is 40.3 Å². The molecule has 1 aliphatic rings. The summed E-state index contributed by atoms with van der Waals surface area (Å²) in [6, 6.07) is 10.2. The van der Waals surface area contributed by atoms with E-state index in [2.05, 4.69) is 32.8 Å². The second-order valence-electron chi connectivity index (χ2n) is 4.24. The Balaban J connectivity index is 2.02. The first kappa shape index (κ1) is 10.7. The van der Waals surface area contributed by atoms with Crippen molar-refractivity contribution in [1.29, 1.82) is 0 Å². The molecule has 0 amide bonds. The van der Waals surface area contributed by atoms with Crippen LogP contribution < -0.4 is 10.6 Å². The molecule has 16 heavy (non-hydrogen) atoms. The highest BCUT2D eigenvalue weighted by Gasteiger charge is 2.19. The fourth-order valence-corrected chi connectivity index (χ4v) is 1.45. The van der Waals surface area contributed by atoms with Gasteiger partial charge in [0.1, 0.15) is 5.66 Å². The highest BCUT2D eigenvalue weighted by molar-refractivity contribution is 5.92. The number of nitrogens with one attached hydrogen (secondary N) is 2. The number of rotatable bonds is 2. The maximum Gasteiger partial charge on any atom is 0.198 e. The molecule has 0 spiro atoms. The zero-order valence-corrected chi connectivity index (χ0v) is 9.57. The first-order chi connectivity index (χ1) is 7.66. The van der Waals surface area contributed by atoms with Crippen molar-refractivity contribution < 1.29 is 0 Å². The number of hydrogen-bond donors (Lipinski definition) is 2. The van der Waals surface area contributed by atoms with Gasteiger partial charge in [0, 0.05) is 0 Å². The maximum atomic E-state index is 4.45. The minimum atomic E-state index is -0.277. The Morgan fingerprint density at radius 1 is 1.25 bits per heavy atom. The zero-order valence-electron chi connectivity index (χ0n) is 9.57. The molecule has 1 aromatic rings. The monoisotopic (exact) mass is 216 g/mol. The van der Waals surface area contributed by atoms with Gasteiger partial charge < -0.3 is 10.6 Å². The molecule has 1 aromatic carbocycles. The van der Waals surface area contributed by atoms with E-state index >= 15 is 0 Å². The molecule has 0 unspecified atom stereocenters. The van der Waals surface area contributed by atoms with Crippen molar-refractivity contribution in [2.45, 2.75) is 26.1 Å². The van der Waals surface area contributed by atoms with Crippen LogP contribution in [0.4, 0.5) is 0 Å². The molecule has 0 radical (unpaired) electrons. The van der Waals surface area contributed by atoms with Crippen molar-refractivity contribution in [3.05, 3.63) is 35.9 Å². The van der Waals surface area contributed by atoms with Gasteiger partial charge in [-0.05, 0) is 19.4 Å². The third-order valence-corrected chi connectivity index (χ3v) is 2.28. The maximum absolute atomic E-state index is 4.45. The smallest absolute Gasteiger partial charge is 0.198 e. The lowest BCUT2D eigenvalue weighted by atomic mass is 10.2. The third kappa shape index (κ3) is 2.82. The van der Waals surface area contributed by atoms with E-state index in [0.717, 1.165) is 5.96 Å². The average Bonchev–Trinajstić information content (AvgIpc) is 2.27. The summed E-state index contributed by atoms with van der Waals surface area (Å²) in [5.74, 6) is 0.767. The standard InChI is InChI=1S/C12H16N4/c1-12(2)15-9-14-11(16-12)13-8-10-6-4-3-5-7-10/h3-7,9H,8H2,1-2H3,(H2,13,14,15,16). The minimum Gasteiger partial charge on any atom is -0.332 e. The number of aliphatic imine (C=N–C) groups is 2. The van der Waals surface area contributed by atoms with Crippen molar-refractivity contribution in [2.75, 3.05) is 0 Å². The van der Waals surface area contributed by atoms with Gasteiger partial charge in [-0.3, -0.25) is 0 Å². The second-order valence-corrected chi connectivity index (χ2v) is 4.24. The quantitative estimate of drug-likeness (QED) is 0.787. The Kier molecular flexibility index (Phi) is 2.90. The molecule has 0 atom stereocenters. The lowest BCUT2D eigenvalue weighted by Gasteiger charge is -2.27. The van der Waals surface area contributed by atoms with Gasteiger partial charge in [-0.1, -0.05) is 30.3 Å². The van der Waals surface area contributed by atoms with Crippen LogP contribution in [0.5, 0.6) is 0 Å². The van der Waals surface area contributed by atoms with Gasteiger partial charge in [0.05, 0.1) is 12.9 Å². The number of benzene rings is 1. The van der Waals surface area contributed by atoms with Crippen LogP contribution in [0.25, 0.3) is 0 Å². The average molecular weight is 216 g/mol. The lowest BCUT2D eigenvalue weighted by molar-refractivity contribution is 0.472. The Morgan fingerprint density at radius 3 is 2.69 bits per heavy atom. The predicted octanol–water partition coefficient (Wildman–Crippen LogP) is 1.50. The molecule has 0 bridgehead atoms. The fourth-order valence-electron chi connectivity index (χ4n) is 1.45. The second kappa shape index (κ2) is 4.35. The van der Waals surface area contributed by atoms with Gasteiger partial charge in [-0.15, -0.1) is 0 Å². The van der Waals surface area contributed by atoms with Crippen LogP contribution in [-0.4, -0.2) is 18.0 Å². The van der Waals surface area contributed by atoms with E-state index in [1.165, 1.54) is 5.56 Å². The Labute approximate surface area is 95.5 Å². The SMILES string of the molecule is CC1(C)N=CNC(=NCc2ccccc2)N1. The van der Waals surface area contributed by atoms with E-state index in [1.807, 2.05) is 32.0 Å². The molecule has 0 fully saturated rings. The van der Waals surface area contributed by atoms with Crippen molar-refractivity contribution in [2.24, 2.45) is 9.98 Å². The zero-order chi connectivity index (χ0) is 11.4.